The van der Waals surface area contributed by atoms with Gasteiger partial charge in [-0.15, -0.1) is 0 Å². The molecule has 6 nitrogen and oxygen atoms in total. The second-order valence-electron chi connectivity index (χ2n) is 5.10. The van der Waals surface area contributed by atoms with E-state index in [0.717, 1.165) is 0 Å². The van der Waals surface area contributed by atoms with Crippen LogP contribution in [0.1, 0.15) is 30.2 Å². The number of ketones is 1. The molecule has 0 bridgehead atoms. The summed E-state index contributed by atoms with van der Waals surface area (Å²) in [5.41, 5.74) is -0.0577. The molecule has 2 aromatic rings. The number of benzene rings is 1. The number of hydrogen-bond donors (Lipinski definition) is 1. The fourth-order valence-electron chi connectivity index (χ4n) is 2.36. The first-order valence-electron chi connectivity index (χ1n) is 7.01. The van der Waals surface area contributed by atoms with Crippen LogP contribution < -0.4 is 10.3 Å². The van der Waals surface area contributed by atoms with E-state index < -0.39 is 17.6 Å². The van der Waals surface area contributed by atoms with Gasteiger partial charge in [0.05, 0.1) is 18.8 Å². The van der Waals surface area contributed by atoms with Gasteiger partial charge in [-0.3, -0.25) is 14.2 Å². The number of pyridine rings is 1. The fourth-order valence-corrected chi connectivity index (χ4v) is 2.36. The van der Waals surface area contributed by atoms with E-state index in [2.05, 4.69) is 0 Å². The van der Waals surface area contributed by atoms with Gasteiger partial charge in [-0.25, -0.2) is 4.79 Å². The van der Waals surface area contributed by atoms with Gasteiger partial charge in [0.15, 0.2) is 5.78 Å². The Kier molecular flexibility index (Phi) is 4.64. The average Bonchev–Trinajstić information content (AvgIpc) is 2.53. The van der Waals surface area contributed by atoms with Crippen LogP contribution in [0.2, 0.25) is 0 Å². The second kappa shape index (κ2) is 6.48. The first kappa shape index (κ1) is 16.5. The lowest BCUT2D eigenvalue weighted by Crippen LogP contribution is -2.32. The predicted molar refractivity (Wildman–Crippen MR) is 85.0 cm³/mol. The molecule has 0 saturated carbocycles. The molecule has 2 rings (SSSR count). The molecule has 0 aliphatic heterocycles. The Morgan fingerprint density at radius 3 is 2.39 bits per heavy atom. The Morgan fingerprint density at radius 1 is 1.17 bits per heavy atom. The molecule has 1 aromatic carbocycles. The van der Waals surface area contributed by atoms with Crippen LogP contribution in [0.25, 0.3) is 11.3 Å². The maximum Gasteiger partial charge on any atom is 0.341 e. The Hall–Kier alpha value is -2.89. The fraction of sp³-hybridized carbons (Fsp3) is 0.235. The van der Waals surface area contributed by atoms with Crippen LogP contribution in [-0.2, 0) is 4.79 Å². The molecule has 0 fully saturated rings. The van der Waals surface area contributed by atoms with Gasteiger partial charge in [0.2, 0.25) is 0 Å². The highest BCUT2D eigenvalue weighted by Crippen LogP contribution is 2.30. The zero-order valence-corrected chi connectivity index (χ0v) is 13.1. The number of aromatic nitrogens is 1. The topological polar surface area (TPSA) is 85.6 Å². The van der Waals surface area contributed by atoms with E-state index in [0.29, 0.717) is 17.0 Å². The highest BCUT2D eigenvalue weighted by Gasteiger charge is 2.22. The lowest BCUT2D eigenvalue weighted by atomic mass is 10.1. The van der Waals surface area contributed by atoms with Gasteiger partial charge in [0.25, 0.3) is 5.56 Å². The Morgan fingerprint density at radius 2 is 1.83 bits per heavy atom. The van der Waals surface area contributed by atoms with Crippen molar-refractivity contribution in [3.63, 3.8) is 0 Å². The monoisotopic (exact) mass is 315 g/mol. The molecule has 23 heavy (non-hydrogen) atoms. The molecular weight excluding hydrogens is 298 g/mol. The molecule has 0 spiro atoms. The minimum absolute atomic E-state index is 0.245. The molecule has 1 heterocycles. The van der Waals surface area contributed by atoms with E-state index >= 15 is 0 Å². The quantitative estimate of drug-likeness (QED) is 0.915. The van der Waals surface area contributed by atoms with Crippen molar-refractivity contribution in [2.75, 3.05) is 7.11 Å². The highest BCUT2D eigenvalue weighted by atomic mass is 16.5. The van der Waals surface area contributed by atoms with Crippen molar-refractivity contribution in [2.24, 2.45) is 0 Å². The summed E-state index contributed by atoms with van der Waals surface area (Å²) in [6.45, 7) is 2.92. The smallest absolute Gasteiger partial charge is 0.341 e. The van der Waals surface area contributed by atoms with Crippen LogP contribution >= 0.6 is 0 Å². The largest absolute Gasteiger partial charge is 0.496 e. The lowest BCUT2D eigenvalue weighted by Gasteiger charge is -2.19. The highest BCUT2D eigenvalue weighted by molar-refractivity contribution is 5.88. The van der Waals surface area contributed by atoms with Crippen molar-refractivity contribution in [1.29, 1.82) is 0 Å². The third-order valence-corrected chi connectivity index (χ3v) is 3.71. The van der Waals surface area contributed by atoms with E-state index in [4.69, 9.17) is 9.84 Å². The number of aromatic carboxylic acids is 1. The molecule has 1 N–H and O–H groups in total. The van der Waals surface area contributed by atoms with Gasteiger partial charge < -0.3 is 9.84 Å². The summed E-state index contributed by atoms with van der Waals surface area (Å²) in [6, 6.07) is 9.01. The number of ether oxygens (including phenoxy) is 1. The Labute approximate surface area is 133 Å². The predicted octanol–water partition coefficient (Wildman–Crippen LogP) is 2.37. The van der Waals surface area contributed by atoms with E-state index in [-0.39, 0.29) is 11.3 Å². The molecule has 120 valence electrons. The molecule has 0 amide bonds. The van der Waals surface area contributed by atoms with Gasteiger partial charge >= 0.3 is 5.97 Å². The van der Waals surface area contributed by atoms with Crippen LogP contribution in [0.4, 0.5) is 0 Å². The van der Waals surface area contributed by atoms with Gasteiger partial charge in [0.1, 0.15) is 11.3 Å². The summed E-state index contributed by atoms with van der Waals surface area (Å²) >= 11 is 0. The normalized spacial score (nSPS) is 11.8. The second-order valence-corrected chi connectivity index (χ2v) is 5.10. The summed E-state index contributed by atoms with van der Waals surface area (Å²) in [5, 5.41) is 9.15. The van der Waals surface area contributed by atoms with Gasteiger partial charge in [0, 0.05) is 5.56 Å². The Bertz CT molecular complexity index is 822. The van der Waals surface area contributed by atoms with Crippen molar-refractivity contribution in [2.45, 2.75) is 19.9 Å². The maximum absolute atomic E-state index is 12.5. The van der Waals surface area contributed by atoms with Crippen LogP contribution in [0.5, 0.6) is 5.75 Å². The van der Waals surface area contributed by atoms with E-state index in [1.165, 1.54) is 30.7 Å². The Balaban J connectivity index is 2.83. The zero-order valence-electron chi connectivity index (χ0n) is 13.1. The molecule has 6 heteroatoms. The van der Waals surface area contributed by atoms with Crippen LogP contribution in [-0.4, -0.2) is 28.5 Å². The van der Waals surface area contributed by atoms with Crippen LogP contribution in [0, 0.1) is 0 Å². The standard InChI is InChI=1S/C17H17NO5/c1-10(11(2)19)18-14(9-8-13(16(18)20)17(21)22)12-6-4-5-7-15(12)23-3/h4-10H,1-3H3,(H,21,22). The summed E-state index contributed by atoms with van der Waals surface area (Å²) in [5.74, 6) is -1.05. The van der Waals surface area contributed by atoms with Crippen molar-refractivity contribution >= 4 is 11.8 Å². The molecule has 1 unspecified atom stereocenters. The van der Waals surface area contributed by atoms with E-state index in [1.54, 1.807) is 31.2 Å². The lowest BCUT2D eigenvalue weighted by molar-refractivity contribution is -0.119. The maximum atomic E-state index is 12.5. The number of Topliss-reactive ketones (excluding diaryl/α,β-unsaturated/α-hetero) is 1. The van der Waals surface area contributed by atoms with Crippen molar-refractivity contribution in [3.05, 3.63) is 52.3 Å². The first-order chi connectivity index (χ1) is 10.9. The molecule has 0 radical (unpaired) electrons. The number of hydrogen-bond acceptors (Lipinski definition) is 4. The molecule has 1 atom stereocenters. The minimum Gasteiger partial charge on any atom is -0.496 e. The van der Waals surface area contributed by atoms with Crippen molar-refractivity contribution in [3.8, 4) is 17.0 Å². The summed E-state index contributed by atoms with van der Waals surface area (Å²) in [7, 11) is 1.50. The number of nitrogens with zero attached hydrogens (tertiary/aromatic N) is 1. The van der Waals surface area contributed by atoms with Crippen molar-refractivity contribution < 1.29 is 19.4 Å². The number of carboxylic acid groups (broad SMARTS) is 1. The molecule has 1 aromatic heterocycles. The minimum atomic E-state index is -1.33. The molecule has 0 aliphatic carbocycles. The summed E-state index contributed by atoms with van der Waals surface area (Å²) < 4.78 is 6.49. The van der Waals surface area contributed by atoms with Crippen LogP contribution in [0.3, 0.4) is 0 Å². The van der Waals surface area contributed by atoms with Gasteiger partial charge in [-0.1, -0.05) is 12.1 Å². The van der Waals surface area contributed by atoms with Gasteiger partial charge in [-0.05, 0) is 38.1 Å². The number of para-hydroxylation sites is 1. The third kappa shape index (κ3) is 3.01. The summed E-state index contributed by atoms with van der Waals surface area (Å²) in [6.07, 6.45) is 0. The SMILES string of the molecule is COc1ccccc1-c1ccc(C(=O)O)c(=O)n1C(C)C(C)=O. The van der Waals surface area contributed by atoms with Crippen LogP contribution in [0.15, 0.2) is 41.2 Å². The van der Waals surface area contributed by atoms with E-state index in [9.17, 15) is 14.4 Å². The molecule has 0 saturated heterocycles. The van der Waals surface area contributed by atoms with E-state index in [1.807, 2.05) is 0 Å². The number of carboxylic acids is 1. The zero-order chi connectivity index (χ0) is 17.1. The molecular formula is C17H17NO5. The first-order valence-corrected chi connectivity index (χ1v) is 7.01. The molecule has 0 aliphatic rings. The number of rotatable bonds is 5. The number of carbonyl (C=O) groups excluding carboxylic acids is 1. The summed E-state index contributed by atoms with van der Waals surface area (Å²) in [4.78, 5) is 35.5. The van der Waals surface area contributed by atoms with Gasteiger partial charge in [-0.2, -0.15) is 0 Å². The number of methoxy groups -OCH3 is 1. The third-order valence-electron chi connectivity index (χ3n) is 3.71. The number of carbonyl (C=O) groups is 2. The average molecular weight is 315 g/mol. The van der Waals surface area contributed by atoms with Crippen molar-refractivity contribution in [1.82, 2.24) is 4.57 Å².